The van der Waals surface area contributed by atoms with Gasteiger partial charge in [-0.05, 0) is 91.8 Å². The van der Waals surface area contributed by atoms with Crippen LogP contribution in [0.3, 0.4) is 0 Å². The van der Waals surface area contributed by atoms with E-state index in [1.54, 1.807) is 0 Å². The summed E-state index contributed by atoms with van der Waals surface area (Å²) in [7, 11) is 0. The molecule has 0 bridgehead atoms. The van der Waals surface area contributed by atoms with E-state index in [0.29, 0.717) is 6.54 Å². The van der Waals surface area contributed by atoms with Gasteiger partial charge in [0, 0.05) is 46.7 Å². The van der Waals surface area contributed by atoms with Crippen molar-refractivity contribution in [3.63, 3.8) is 0 Å². The number of thiocarbonyl (C=S) groups is 1. The molecule has 2 atom stereocenters. The van der Waals surface area contributed by atoms with Crippen molar-refractivity contribution in [2.45, 2.75) is 32.5 Å². The lowest BCUT2D eigenvalue weighted by Crippen LogP contribution is -2.29. The second kappa shape index (κ2) is 9.08. The largest absolute Gasteiger partial charge is 0.352 e. The second-order valence-corrected chi connectivity index (χ2v) is 9.55. The van der Waals surface area contributed by atoms with Gasteiger partial charge in [-0.1, -0.05) is 22.0 Å². The van der Waals surface area contributed by atoms with Crippen molar-refractivity contribution in [2.24, 2.45) is 0 Å². The van der Waals surface area contributed by atoms with Gasteiger partial charge in [-0.2, -0.15) is 0 Å². The number of rotatable bonds is 5. The third-order valence-corrected chi connectivity index (χ3v) is 7.05. The van der Waals surface area contributed by atoms with Crippen LogP contribution in [0.1, 0.15) is 40.3 Å². The van der Waals surface area contributed by atoms with Gasteiger partial charge in [-0.3, -0.25) is 9.97 Å². The van der Waals surface area contributed by atoms with Gasteiger partial charge in [0.25, 0.3) is 0 Å². The van der Waals surface area contributed by atoms with E-state index in [2.05, 4.69) is 90.9 Å². The molecule has 4 heterocycles. The Kier molecular flexibility index (Phi) is 6.00. The van der Waals surface area contributed by atoms with E-state index < -0.39 is 0 Å². The van der Waals surface area contributed by atoms with Crippen LogP contribution in [0.4, 0.5) is 0 Å². The van der Waals surface area contributed by atoms with Crippen molar-refractivity contribution in [1.82, 2.24) is 24.8 Å². The summed E-state index contributed by atoms with van der Waals surface area (Å²) in [4.78, 5) is 11.1. The molecule has 1 aromatic carbocycles. The first kappa shape index (κ1) is 21.8. The number of benzene rings is 1. The predicted octanol–water partition coefficient (Wildman–Crippen LogP) is 5.82. The van der Waals surface area contributed by atoms with Gasteiger partial charge in [0.2, 0.25) is 0 Å². The van der Waals surface area contributed by atoms with Crippen LogP contribution in [0.15, 0.2) is 83.7 Å². The van der Waals surface area contributed by atoms with Gasteiger partial charge in [0.15, 0.2) is 5.11 Å². The molecular weight excluding hydrogens is 494 g/mol. The van der Waals surface area contributed by atoms with Gasteiger partial charge in [0.05, 0.1) is 17.8 Å². The topological polar surface area (TPSA) is 46.0 Å². The minimum Gasteiger partial charge on any atom is -0.352 e. The fraction of sp³-hybridized carbons (Fsp3) is 0.192. The van der Waals surface area contributed by atoms with Gasteiger partial charge >= 0.3 is 0 Å². The van der Waals surface area contributed by atoms with Crippen LogP contribution in [-0.2, 0) is 6.54 Å². The van der Waals surface area contributed by atoms with Crippen molar-refractivity contribution in [3.8, 4) is 5.69 Å². The van der Waals surface area contributed by atoms with Gasteiger partial charge in [0.1, 0.15) is 0 Å². The normalized spacial score (nSPS) is 17.9. The third kappa shape index (κ3) is 4.18. The van der Waals surface area contributed by atoms with Gasteiger partial charge in [-0.15, -0.1) is 0 Å². The Morgan fingerprint density at radius 1 is 1.00 bits per heavy atom. The molecule has 0 amide bonds. The summed E-state index contributed by atoms with van der Waals surface area (Å²) >= 11 is 9.39. The molecule has 0 saturated carbocycles. The van der Waals surface area contributed by atoms with E-state index in [1.807, 2.05) is 42.9 Å². The number of aromatic nitrogens is 3. The van der Waals surface area contributed by atoms with Crippen molar-refractivity contribution < 1.29 is 0 Å². The van der Waals surface area contributed by atoms with E-state index in [-0.39, 0.29) is 12.1 Å². The molecule has 3 aromatic heterocycles. The Hall–Kier alpha value is -3.03. The maximum atomic E-state index is 5.84. The Bertz CT molecular complexity index is 1270. The van der Waals surface area contributed by atoms with E-state index in [0.717, 1.165) is 21.0 Å². The predicted molar refractivity (Wildman–Crippen MR) is 138 cm³/mol. The molecule has 5 nitrogen and oxygen atoms in total. The lowest BCUT2D eigenvalue weighted by Gasteiger charge is -2.28. The standard InChI is InChI=1S/C26H24BrN5S/c1-17-15-22(18(2)32(17)21-8-6-20(27)7-9-21)25-24(23-5-3-4-12-29-23)30-26(33)31(25)16-19-10-13-28-14-11-19/h3-15,24-25H,16H2,1-2H3,(H,30,33)/t24-,25+/m1/s1. The first-order valence-corrected chi connectivity index (χ1v) is 12.0. The average molecular weight is 518 g/mol. The SMILES string of the molecule is Cc1cc([C@H]2[C@@H](c3ccccn3)NC(=S)N2Cc2ccncc2)c(C)n1-c1ccc(Br)cc1. The summed E-state index contributed by atoms with van der Waals surface area (Å²) < 4.78 is 3.38. The van der Waals surface area contributed by atoms with Crippen molar-refractivity contribution in [3.05, 3.63) is 112 Å². The minimum atomic E-state index is -0.0422. The fourth-order valence-corrected chi connectivity index (χ4v) is 5.24. The highest BCUT2D eigenvalue weighted by Gasteiger charge is 2.41. The Morgan fingerprint density at radius 2 is 1.76 bits per heavy atom. The molecular formula is C26H24BrN5S. The molecule has 4 aromatic rings. The number of nitrogens with one attached hydrogen (secondary N) is 1. The van der Waals surface area contributed by atoms with E-state index in [4.69, 9.17) is 12.2 Å². The molecule has 5 rings (SSSR count). The zero-order valence-electron chi connectivity index (χ0n) is 18.4. The van der Waals surface area contributed by atoms with E-state index >= 15 is 0 Å². The highest BCUT2D eigenvalue weighted by molar-refractivity contribution is 9.10. The number of aryl methyl sites for hydroxylation is 1. The highest BCUT2D eigenvalue weighted by Crippen LogP contribution is 2.42. The zero-order valence-corrected chi connectivity index (χ0v) is 20.8. The molecule has 1 aliphatic rings. The molecule has 0 unspecified atom stereocenters. The quantitative estimate of drug-likeness (QED) is 0.338. The average Bonchev–Trinajstić information content (AvgIpc) is 3.31. The Labute approximate surface area is 207 Å². The first-order valence-electron chi connectivity index (χ1n) is 10.8. The molecule has 1 fully saturated rings. The molecule has 1 aliphatic heterocycles. The zero-order chi connectivity index (χ0) is 22.9. The Morgan fingerprint density at radius 3 is 2.45 bits per heavy atom. The smallest absolute Gasteiger partial charge is 0.170 e. The van der Waals surface area contributed by atoms with Crippen molar-refractivity contribution in [1.29, 1.82) is 0 Å². The van der Waals surface area contributed by atoms with Gasteiger partial charge < -0.3 is 14.8 Å². The third-order valence-electron chi connectivity index (χ3n) is 6.17. The molecule has 0 radical (unpaired) electrons. The van der Waals surface area contributed by atoms with E-state index in [9.17, 15) is 0 Å². The molecule has 1 saturated heterocycles. The van der Waals surface area contributed by atoms with Crippen LogP contribution in [0.5, 0.6) is 0 Å². The van der Waals surface area contributed by atoms with Crippen molar-refractivity contribution >= 4 is 33.3 Å². The number of nitrogens with zero attached hydrogens (tertiary/aromatic N) is 4. The molecule has 0 spiro atoms. The minimum absolute atomic E-state index is 0.0102. The van der Waals surface area contributed by atoms with Gasteiger partial charge in [-0.25, -0.2) is 0 Å². The number of pyridine rings is 2. The molecule has 7 heteroatoms. The summed E-state index contributed by atoms with van der Waals surface area (Å²) in [5.74, 6) is 0. The maximum Gasteiger partial charge on any atom is 0.170 e. The first-order chi connectivity index (χ1) is 16.0. The summed E-state index contributed by atoms with van der Waals surface area (Å²) in [5, 5.41) is 4.29. The lowest BCUT2D eigenvalue weighted by atomic mass is 9.96. The van der Waals surface area contributed by atoms with Crippen LogP contribution in [-0.4, -0.2) is 24.5 Å². The number of halogens is 1. The number of hydrogen-bond acceptors (Lipinski definition) is 3. The van der Waals surface area contributed by atoms with Crippen LogP contribution >= 0.6 is 28.1 Å². The summed E-state index contributed by atoms with van der Waals surface area (Å²) in [6, 6.07) is 20.8. The van der Waals surface area contributed by atoms with Crippen LogP contribution in [0.25, 0.3) is 5.69 Å². The highest BCUT2D eigenvalue weighted by atomic mass is 79.9. The fourth-order valence-electron chi connectivity index (χ4n) is 4.67. The van der Waals surface area contributed by atoms with Crippen LogP contribution in [0.2, 0.25) is 0 Å². The summed E-state index contributed by atoms with van der Waals surface area (Å²) in [5.41, 5.74) is 6.92. The van der Waals surface area contributed by atoms with Crippen LogP contribution in [0, 0.1) is 13.8 Å². The summed E-state index contributed by atoms with van der Waals surface area (Å²) in [6.07, 6.45) is 5.49. The summed E-state index contributed by atoms with van der Waals surface area (Å²) in [6.45, 7) is 5.04. The lowest BCUT2D eigenvalue weighted by molar-refractivity contribution is 0.310. The maximum absolute atomic E-state index is 5.84. The number of hydrogen-bond donors (Lipinski definition) is 1. The molecule has 1 N–H and O–H groups in total. The van der Waals surface area contributed by atoms with Crippen molar-refractivity contribution in [2.75, 3.05) is 0 Å². The molecule has 0 aliphatic carbocycles. The molecule has 33 heavy (non-hydrogen) atoms. The Balaban J connectivity index is 1.61. The second-order valence-electron chi connectivity index (χ2n) is 8.25. The van der Waals surface area contributed by atoms with E-state index in [1.165, 1.54) is 22.5 Å². The van der Waals surface area contributed by atoms with Crippen LogP contribution < -0.4 is 5.32 Å². The molecule has 166 valence electrons. The monoisotopic (exact) mass is 517 g/mol.